The van der Waals surface area contributed by atoms with Crippen LogP contribution in [0.15, 0.2) is 0 Å². The molecule has 0 bridgehead atoms. The molecule has 1 rings (SSSR count). The van der Waals surface area contributed by atoms with Gasteiger partial charge < -0.3 is 0 Å². The van der Waals surface area contributed by atoms with Gasteiger partial charge in [-0.2, -0.15) is 0 Å². The van der Waals surface area contributed by atoms with Crippen molar-refractivity contribution in [2.45, 2.75) is 37.0 Å². The predicted molar refractivity (Wildman–Crippen MR) is 56.0 cm³/mol. The third-order valence-corrected chi connectivity index (χ3v) is 3.03. The Balaban J connectivity index is 2.26. The molecule has 0 N–H and O–H groups in total. The second-order valence-electron chi connectivity index (χ2n) is 4.95. The Morgan fingerprint density at radius 2 is 1.83 bits per heavy atom. The molecule has 0 spiro atoms. The summed E-state index contributed by atoms with van der Waals surface area (Å²) in [5, 5.41) is 0. The van der Waals surface area contributed by atoms with Crippen LogP contribution in [0.5, 0.6) is 0 Å². The zero-order valence-electron chi connectivity index (χ0n) is 8.64. The molecule has 0 unspecified atom stereocenters. The first kappa shape index (κ1) is 10.8. The van der Waals surface area contributed by atoms with Crippen LogP contribution in [-0.2, 0) is 0 Å². The maximum absolute atomic E-state index is 2.64. The van der Waals surface area contributed by atoms with Crippen LogP contribution >= 0.6 is 0 Å². The van der Waals surface area contributed by atoms with Gasteiger partial charge in [-0.05, 0) is 0 Å². The van der Waals surface area contributed by atoms with E-state index in [2.05, 4.69) is 25.7 Å². The molecule has 2 radical (unpaired) electrons. The van der Waals surface area contributed by atoms with E-state index in [9.17, 15) is 0 Å². The van der Waals surface area contributed by atoms with E-state index in [0.717, 1.165) is 5.92 Å². The number of hydrogen-bond donors (Lipinski definition) is 0. The van der Waals surface area contributed by atoms with Crippen LogP contribution in [-0.4, -0.2) is 47.1 Å². The van der Waals surface area contributed by atoms with Gasteiger partial charge in [-0.25, -0.2) is 0 Å². The standard InChI is InChI=1S/C10H20N.Sn.H/c1-9(2)8-11-6-4-10(3)5-7-11;;/h10H,4-8H2,1-3H3;;. The van der Waals surface area contributed by atoms with Crippen LogP contribution in [0, 0.1) is 5.92 Å². The minimum atomic E-state index is 0.603. The Bertz CT molecular complexity index is 131. The summed E-state index contributed by atoms with van der Waals surface area (Å²) in [5.41, 5.74) is 0. The summed E-state index contributed by atoms with van der Waals surface area (Å²) in [4.78, 5) is 2.64. The molecular formula is C10H21NSn. The third kappa shape index (κ3) is 4.13. The summed E-state index contributed by atoms with van der Waals surface area (Å²) < 4.78 is 0.603. The molecule has 12 heavy (non-hydrogen) atoms. The summed E-state index contributed by atoms with van der Waals surface area (Å²) in [7, 11) is 0. The Labute approximate surface area is 90.0 Å². The van der Waals surface area contributed by atoms with E-state index >= 15 is 0 Å². The van der Waals surface area contributed by atoms with Crippen molar-refractivity contribution in [3.63, 3.8) is 0 Å². The molecule has 0 saturated carbocycles. The van der Waals surface area contributed by atoms with Gasteiger partial charge >= 0.3 is 90.0 Å². The van der Waals surface area contributed by atoms with E-state index < -0.39 is 0 Å². The molecule has 0 aliphatic carbocycles. The quantitative estimate of drug-likeness (QED) is 0.694. The van der Waals surface area contributed by atoms with Gasteiger partial charge in [-0.15, -0.1) is 0 Å². The fraction of sp³-hybridized carbons (Fsp3) is 1.00. The first-order chi connectivity index (χ1) is 5.47. The molecule has 0 aromatic carbocycles. The van der Waals surface area contributed by atoms with Crippen molar-refractivity contribution in [1.29, 1.82) is 0 Å². The Morgan fingerprint density at radius 1 is 1.33 bits per heavy atom. The maximum atomic E-state index is 2.64. The first-order valence-corrected chi connectivity index (χ1v) is 6.63. The zero-order chi connectivity index (χ0) is 9.19. The average molecular weight is 274 g/mol. The molecule has 0 aromatic heterocycles. The normalized spacial score (nSPS) is 23.0. The molecule has 0 aromatic rings. The van der Waals surface area contributed by atoms with Crippen molar-refractivity contribution in [3.05, 3.63) is 0 Å². The summed E-state index contributed by atoms with van der Waals surface area (Å²) in [6.45, 7) is 11.1. The van der Waals surface area contributed by atoms with E-state index in [4.69, 9.17) is 0 Å². The van der Waals surface area contributed by atoms with Crippen molar-refractivity contribution in [3.8, 4) is 0 Å². The van der Waals surface area contributed by atoms with Crippen molar-refractivity contribution >= 4 is 22.5 Å². The topological polar surface area (TPSA) is 3.24 Å². The summed E-state index contributed by atoms with van der Waals surface area (Å²) in [5.74, 6) is 0.970. The van der Waals surface area contributed by atoms with Gasteiger partial charge in [-0.3, -0.25) is 0 Å². The summed E-state index contributed by atoms with van der Waals surface area (Å²) >= 11 is 1.38. The van der Waals surface area contributed by atoms with Gasteiger partial charge in [0.1, 0.15) is 0 Å². The molecule has 1 heterocycles. The van der Waals surface area contributed by atoms with Gasteiger partial charge in [0.2, 0.25) is 0 Å². The predicted octanol–water partition coefficient (Wildman–Crippen LogP) is 1.82. The molecule has 1 nitrogen and oxygen atoms in total. The first-order valence-electron chi connectivity index (χ1n) is 4.98. The summed E-state index contributed by atoms with van der Waals surface area (Å²) in [6.07, 6.45) is 2.83. The monoisotopic (exact) mass is 275 g/mol. The molecule has 1 aliphatic rings. The van der Waals surface area contributed by atoms with Crippen LogP contribution < -0.4 is 0 Å². The Kier molecular flexibility index (Phi) is 3.90. The second kappa shape index (κ2) is 4.32. The van der Waals surface area contributed by atoms with Gasteiger partial charge in [-0.1, -0.05) is 0 Å². The number of piperidine rings is 1. The fourth-order valence-electron chi connectivity index (χ4n) is 1.80. The third-order valence-electron chi connectivity index (χ3n) is 2.51. The van der Waals surface area contributed by atoms with E-state index in [-0.39, 0.29) is 0 Å². The van der Waals surface area contributed by atoms with Gasteiger partial charge in [0.15, 0.2) is 0 Å². The number of rotatable bonds is 2. The summed E-state index contributed by atoms with van der Waals surface area (Å²) in [6, 6.07) is 0. The second-order valence-corrected chi connectivity index (χ2v) is 9.41. The molecular weight excluding hydrogens is 253 g/mol. The van der Waals surface area contributed by atoms with Crippen molar-refractivity contribution in [2.75, 3.05) is 19.6 Å². The minimum absolute atomic E-state index is 0.603. The van der Waals surface area contributed by atoms with Gasteiger partial charge in [0.25, 0.3) is 0 Å². The van der Waals surface area contributed by atoms with Crippen LogP contribution in [0.25, 0.3) is 0 Å². The molecule has 1 aliphatic heterocycles. The Morgan fingerprint density at radius 3 is 2.25 bits per heavy atom. The molecule has 1 fully saturated rings. The van der Waals surface area contributed by atoms with Crippen molar-refractivity contribution < 1.29 is 0 Å². The van der Waals surface area contributed by atoms with Crippen molar-refractivity contribution in [1.82, 2.24) is 4.90 Å². The van der Waals surface area contributed by atoms with Gasteiger partial charge in [0, 0.05) is 0 Å². The van der Waals surface area contributed by atoms with E-state index in [1.165, 1.54) is 55.0 Å². The molecule has 0 amide bonds. The van der Waals surface area contributed by atoms with Gasteiger partial charge in [0.05, 0.1) is 0 Å². The number of nitrogens with zero attached hydrogens (tertiary/aromatic N) is 1. The van der Waals surface area contributed by atoms with E-state index in [1.54, 1.807) is 0 Å². The number of hydrogen-bond acceptors (Lipinski definition) is 1. The molecule has 1 saturated heterocycles. The molecule has 0 atom stereocenters. The zero-order valence-corrected chi connectivity index (χ0v) is 11.9. The average Bonchev–Trinajstić information content (AvgIpc) is 1.91. The fourth-order valence-corrected chi connectivity index (χ4v) is 2.53. The van der Waals surface area contributed by atoms with E-state index in [1.807, 2.05) is 0 Å². The van der Waals surface area contributed by atoms with Crippen LogP contribution in [0.3, 0.4) is 0 Å². The number of likely N-dealkylation sites (tertiary alicyclic amines) is 1. The Hall–Kier alpha value is 0.759. The molecule has 70 valence electrons. The van der Waals surface area contributed by atoms with Crippen LogP contribution in [0.1, 0.15) is 33.6 Å². The van der Waals surface area contributed by atoms with Crippen LogP contribution in [0.2, 0.25) is 3.43 Å². The van der Waals surface area contributed by atoms with Crippen LogP contribution in [0.4, 0.5) is 0 Å². The molecule has 2 heteroatoms. The van der Waals surface area contributed by atoms with E-state index in [0.29, 0.717) is 3.43 Å². The van der Waals surface area contributed by atoms with Crippen molar-refractivity contribution in [2.24, 2.45) is 5.92 Å². The SMILES string of the molecule is CC1CCN(C[C](C)(C)[SnH])CC1.